The van der Waals surface area contributed by atoms with Crippen LogP contribution in [0.1, 0.15) is 23.2 Å². The summed E-state index contributed by atoms with van der Waals surface area (Å²) in [4.78, 5) is 10.9. The van der Waals surface area contributed by atoms with Crippen molar-refractivity contribution in [1.82, 2.24) is 0 Å². The van der Waals surface area contributed by atoms with Crippen LogP contribution in [-0.4, -0.2) is 31.4 Å². The van der Waals surface area contributed by atoms with Crippen LogP contribution in [0, 0.1) is 0 Å². The minimum absolute atomic E-state index is 0.144. The number of rotatable bonds is 6. The van der Waals surface area contributed by atoms with Crippen molar-refractivity contribution in [3.63, 3.8) is 0 Å². The number of aliphatic hydroxyl groups is 1. The van der Waals surface area contributed by atoms with E-state index in [0.717, 1.165) is 12.7 Å². The first-order chi connectivity index (χ1) is 8.35. The van der Waals surface area contributed by atoms with Gasteiger partial charge in [0, 0.05) is 12.7 Å². The van der Waals surface area contributed by atoms with E-state index < -0.39 is 0 Å². The van der Waals surface area contributed by atoms with E-state index in [4.69, 9.17) is 19.3 Å². The third-order valence-electron chi connectivity index (χ3n) is 2.44. The van der Waals surface area contributed by atoms with Gasteiger partial charge in [-0.2, -0.15) is 0 Å². The molecule has 0 bridgehead atoms. The van der Waals surface area contributed by atoms with E-state index in [1.54, 1.807) is 12.1 Å². The van der Waals surface area contributed by atoms with E-state index in [1.807, 2.05) is 0 Å². The second-order valence-electron chi connectivity index (χ2n) is 3.64. The van der Waals surface area contributed by atoms with E-state index in [9.17, 15) is 4.79 Å². The average Bonchev–Trinajstić information content (AvgIpc) is 2.80. The van der Waals surface area contributed by atoms with Gasteiger partial charge in [-0.05, 0) is 18.9 Å². The molecule has 0 aliphatic carbocycles. The first-order valence-electron chi connectivity index (χ1n) is 5.47. The van der Waals surface area contributed by atoms with Gasteiger partial charge in [0.2, 0.25) is 6.79 Å². The molecule has 92 valence electrons. The second kappa shape index (κ2) is 5.54. The van der Waals surface area contributed by atoms with E-state index in [-0.39, 0.29) is 13.4 Å². The predicted molar refractivity (Wildman–Crippen MR) is 59.8 cm³/mol. The monoisotopic (exact) mass is 238 g/mol. The minimum atomic E-state index is 0.144. The molecular formula is C12H14O5. The van der Waals surface area contributed by atoms with Gasteiger partial charge in [0.25, 0.3) is 0 Å². The van der Waals surface area contributed by atoms with Crippen molar-refractivity contribution in [2.24, 2.45) is 0 Å². The molecule has 0 radical (unpaired) electrons. The van der Waals surface area contributed by atoms with Crippen LogP contribution in [0.3, 0.4) is 0 Å². The lowest BCUT2D eigenvalue weighted by Gasteiger charge is -2.08. The summed E-state index contributed by atoms with van der Waals surface area (Å²) in [5, 5.41) is 8.64. The first-order valence-corrected chi connectivity index (χ1v) is 5.47. The van der Waals surface area contributed by atoms with Gasteiger partial charge in [-0.3, -0.25) is 4.79 Å². The predicted octanol–water partition coefficient (Wildman–Crippen LogP) is 1.38. The zero-order valence-corrected chi connectivity index (χ0v) is 9.35. The van der Waals surface area contributed by atoms with E-state index in [0.29, 0.717) is 35.8 Å². The summed E-state index contributed by atoms with van der Waals surface area (Å²) >= 11 is 0. The lowest BCUT2D eigenvalue weighted by atomic mass is 10.2. The van der Waals surface area contributed by atoms with E-state index in [2.05, 4.69) is 0 Å². The molecule has 17 heavy (non-hydrogen) atoms. The summed E-state index contributed by atoms with van der Waals surface area (Å²) < 4.78 is 15.9. The first kappa shape index (κ1) is 11.7. The SMILES string of the molecule is O=Cc1cc2c(cc1OCCCCO)OCO2. The maximum atomic E-state index is 10.9. The van der Waals surface area contributed by atoms with Crippen molar-refractivity contribution < 1.29 is 24.1 Å². The van der Waals surface area contributed by atoms with E-state index >= 15 is 0 Å². The molecule has 0 amide bonds. The van der Waals surface area contributed by atoms with Gasteiger partial charge in [-0.15, -0.1) is 0 Å². The summed E-state index contributed by atoms with van der Waals surface area (Å²) in [7, 11) is 0. The van der Waals surface area contributed by atoms with Crippen LogP contribution in [0.15, 0.2) is 12.1 Å². The quantitative estimate of drug-likeness (QED) is 0.599. The Morgan fingerprint density at radius 3 is 2.76 bits per heavy atom. The fourth-order valence-electron chi connectivity index (χ4n) is 1.55. The molecule has 1 aliphatic rings. The number of unbranched alkanes of at least 4 members (excludes halogenated alkanes) is 1. The molecule has 1 aromatic carbocycles. The molecule has 0 saturated carbocycles. The third-order valence-corrected chi connectivity index (χ3v) is 2.44. The van der Waals surface area contributed by atoms with E-state index in [1.165, 1.54) is 0 Å². The molecule has 0 spiro atoms. The molecule has 0 aromatic heterocycles. The number of carbonyl (C=O) groups is 1. The highest BCUT2D eigenvalue weighted by atomic mass is 16.7. The van der Waals surface area contributed by atoms with Crippen molar-refractivity contribution >= 4 is 6.29 Å². The number of fused-ring (bicyclic) bond motifs is 1. The molecule has 1 aromatic rings. The Bertz CT molecular complexity index is 402. The van der Waals surface area contributed by atoms with Crippen LogP contribution in [0.5, 0.6) is 17.2 Å². The summed E-state index contributed by atoms with van der Waals surface area (Å²) in [5.74, 6) is 1.64. The highest BCUT2D eigenvalue weighted by Crippen LogP contribution is 2.37. The summed E-state index contributed by atoms with van der Waals surface area (Å²) in [6, 6.07) is 3.27. The van der Waals surface area contributed by atoms with Gasteiger partial charge >= 0.3 is 0 Å². The molecule has 5 heteroatoms. The Labute approximate surface area is 98.9 Å². The Morgan fingerprint density at radius 2 is 2.06 bits per heavy atom. The van der Waals surface area contributed by atoms with Gasteiger partial charge in [0.15, 0.2) is 17.8 Å². The summed E-state index contributed by atoms with van der Waals surface area (Å²) in [6.07, 6.45) is 2.15. The molecule has 5 nitrogen and oxygen atoms in total. The van der Waals surface area contributed by atoms with Crippen molar-refractivity contribution in [3.05, 3.63) is 17.7 Å². The average molecular weight is 238 g/mol. The Morgan fingerprint density at radius 1 is 1.29 bits per heavy atom. The Hall–Kier alpha value is -1.75. The number of hydrogen-bond donors (Lipinski definition) is 1. The minimum Gasteiger partial charge on any atom is -0.493 e. The topological polar surface area (TPSA) is 65.0 Å². The van der Waals surface area contributed by atoms with Gasteiger partial charge in [0.05, 0.1) is 12.2 Å². The van der Waals surface area contributed by atoms with Gasteiger partial charge in [-0.1, -0.05) is 0 Å². The highest BCUT2D eigenvalue weighted by molar-refractivity contribution is 5.81. The molecule has 0 fully saturated rings. The van der Waals surface area contributed by atoms with Crippen LogP contribution in [-0.2, 0) is 0 Å². The number of hydrogen-bond acceptors (Lipinski definition) is 5. The molecule has 1 heterocycles. The zero-order chi connectivity index (χ0) is 12.1. The normalized spacial score (nSPS) is 12.5. The van der Waals surface area contributed by atoms with Crippen LogP contribution in [0.2, 0.25) is 0 Å². The van der Waals surface area contributed by atoms with Crippen LogP contribution < -0.4 is 14.2 Å². The van der Waals surface area contributed by atoms with Gasteiger partial charge in [-0.25, -0.2) is 0 Å². The number of benzene rings is 1. The lowest BCUT2D eigenvalue weighted by molar-refractivity contribution is 0.111. The molecule has 0 unspecified atom stereocenters. The molecular weight excluding hydrogens is 224 g/mol. The van der Waals surface area contributed by atoms with Gasteiger partial charge in [0.1, 0.15) is 5.75 Å². The van der Waals surface area contributed by atoms with Crippen LogP contribution in [0.4, 0.5) is 0 Å². The van der Waals surface area contributed by atoms with Crippen LogP contribution >= 0.6 is 0 Å². The molecule has 0 saturated heterocycles. The second-order valence-corrected chi connectivity index (χ2v) is 3.64. The molecule has 1 N–H and O–H groups in total. The standard InChI is InChI=1S/C12H14O5/c13-3-1-2-4-15-10-6-12-11(16-8-17-12)5-9(10)7-14/h5-7,13H,1-4,8H2. The fourth-order valence-corrected chi connectivity index (χ4v) is 1.55. The number of aldehydes is 1. The number of carbonyl (C=O) groups excluding carboxylic acids is 1. The molecule has 1 aliphatic heterocycles. The molecule has 2 rings (SSSR count). The fraction of sp³-hybridized carbons (Fsp3) is 0.417. The third kappa shape index (κ3) is 2.68. The number of ether oxygens (including phenoxy) is 3. The Kier molecular flexibility index (Phi) is 3.82. The van der Waals surface area contributed by atoms with Crippen molar-refractivity contribution in [2.45, 2.75) is 12.8 Å². The van der Waals surface area contributed by atoms with Crippen molar-refractivity contribution in [1.29, 1.82) is 0 Å². The zero-order valence-electron chi connectivity index (χ0n) is 9.35. The van der Waals surface area contributed by atoms with Gasteiger partial charge < -0.3 is 19.3 Å². The summed E-state index contributed by atoms with van der Waals surface area (Å²) in [5.41, 5.74) is 0.443. The molecule has 0 atom stereocenters. The lowest BCUT2D eigenvalue weighted by Crippen LogP contribution is -2.01. The van der Waals surface area contributed by atoms with Crippen molar-refractivity contribution in [2.75, 3.05) is 20.0 Å². The maximum Gasteiger partial charge on any atom is 0.231 e. The van der Waals surface area contributed by atoms with Crippen LogP contribution in [0.25, 0.3) is 0 Å². The summed E-state index contributed by atoms with van der Waals surface area (Å²) in [6.45, 7) is 0.772. The highest BCUT2D eigenvalue weighted by Gasteiger charge is 2.17. The number of aliphatic hydroxyl groups excluding tert-OH is 1. The largest absolute Gasteiger partial charge is 0.493 e. The Balaban J connectivity index is 2.07. The smallest absolute Gasteiger partial charge is 0.231 e. The maximum absolute atomic E-state index is 10.9. The van der Waals surface area contributed by atoms with Crippen molar-refractivity contribution in [3.8, 4) is 17.2 Å².